The molecule has 0 rings (SSSR count). The van der Waals surface area contributed by atoms with Gasteiger partial charge in [-0.05, 0) is 20.3 Å². The normalized spacial score (nSPS) is 13.1. The van der Waals surface area contributed by atoms with Gasteiger partial charge in [-0.15, -0.1) is 0 Å². The Hall–Kier alpha value is -1.65. The number of hydrogen-bond acceptors (Lipinski definition) is 3. The second-order valence-electron chi connectivity index (χ2n) is 3.75. The van der Waals surface area contributed by atoms with Crippen molar-refractivity contribution in [1.82, 2.24) is 5.32 Å². The second kappa shape index (κ2) is 6.76. The van der Waals surface area contributed by atoms with Gasteiger partial charge >= 0.3 is 5.97 Å². The van der Waals surface area contributed by atoms with Crippen molar-refractivity contribution in [2.75, 3.05) is 0 Å². The molecule has 90 valence electrons. The van der Waals surface area contributed by atoms with E-state index in [2.05, 4.69) is 5.32 Å². The minimum Gasteiger partial charge on any atom is -0.480 e. The number of carboxylic acid groups (broad SMARTS) is 1. The number of carbonyl (C=O) groups excluding carboxylic acids is 2. The lowest BCUT2D eigenvalue weighted by molar-refractivity contribution is -0.141. The average Bonchev–Trinajstić information content (AvgIpc) is 2.12. The molecule has 0 aliphatic heterocycles. The van der Waals surface area contributed by atoms with Crippen LogP contribution in [0.4, 0.5) is 0 Å². The van der Waals surface area contributed by atoms with Crippen LogP contribution in [0.5, 0.6) is 0 Å². The van der Waals surface area contributed by atoms with Gasteiger partial charge < -0.3 is 10.4 Å². The van der Waals surface area contributed by atoms with Crippen LogP contribution in [0.3, 0.4) is 0 Å². The summed E-state index contributed by atoms with van der Waals surface area (Å²) in [5.41, 5.74) is 0.774. The molecule has 0 aromatic heterocycles. The molecule has 2 N–H and O–H groups in total. The fraction of sp³-hybridized carbons (Fsp3) is 0.545. The Kier molecular flexibility index (Phi) is 6.07. The van der Waals surface area contributed by atoms with Crippen LogP contribution >= 0.6 is 0 Å². The highest BCUT2D eigenvalue weighted by Gasteiger charge is 2.18. The summed E-state index contributed by atoms with van der Waals surface area (Å²) in [5, 5.41) is 11.2. The largest absolute Gasteiger partial charge is 0.480 e. The van der Waals surface area contributed by atoms with Crippen molar-refractivity contribution >= 4 is 17.7 Å². The predicted octanol–water partition coefficient (Wildman–Crippen LogP) is 0.891. The maximum absolute atomic E-state index is 10.8. The van der Waals surface area contributed by atoms with Crippen molar-refractivity contribution in [3.05, 3.63) is 11.6 Å². The van der Waals surface area contributed by atoms with Gasteiger partial charge in [0.2, 0.25) is 5.91 Å². The molecular formula is C11H17NO4. The molecule has 0 aromatic rings. The second-order valence-corrected chi connectivity index (χ2v) is 3.75. The topological polar surface area (TPSA) is 83.5 Å². The number of Topliss-reactive ketones (excluding diaryl/α,β-unsaturated/α-hetero) is 1. The Bertz CT molecular complexity index is 320. The Morgan fingerprint density at radius 2 is 1.81 bits per heavy atom. The molecule has 16 heavy (non-hydrogen) atoms. The van der Waals surface area contributed by atoms with Crippen molar-refractivity contribution in [3.63, 3.8) is 0 Å². The molecule has 0 spiro atoms. The molecule has 1 unspecified atom stereocenters. The van der Waals surface area contributed by atoms with Gasteiger partial charge in [0.05, 0.1) is 0 Å². The van der Waals surface area contributed by atoms with E-state index in [-0.39, 0.29) is 24.5 Å². The lowest BCUT2D eigenvalue weighted by Crippen LogP contribution is -2.39. The third-order valence-electron chi connectivity index (χ3n) is 1.94. The number of ketones is 1. The summed E-state index contributed by atoms with van der Waals surface area (Å²) in [6.07, 6.45) is 2.18. The highest BCUT2D eigenvalue weighted by Crippen LogP contribution is 2.06. The van der Waals surface area contributed by atoms with Crippen LogP contribution in [0, 0.1) is 0 Å². The van der Waals surface area contributed by atoms with Crippen LogP contribution < -0.4 is 5.32 Å². The van der Waals surface area contributed by atoms with E-state index in [1.54, 1.807) is 13.0 Å². The van der Waals surface area contributed by atoms with Crippen LogP contribution in [0.25, 0.3) is 0 Å². The number of hydrogen-bond donors (Lipinski definition) is 2. The van der Waals surface area contributed by atoms with Crippen molar-refractivity contribution in [3.8, 4) is 0 Å². The Labute approximate surface area is 94.5 Å². The van der Waals surface area contributed by atoms with E-state index in [0.717, 1.165) is 5.57 Å². The highest BCUT2D eigenvalue weighted by atomic mass is 16.4. The maximum Gasteiger partial charge on any atom is 0.326 e. The van der Waals surface area contributed by atoms with E-state index < -0.39 is 12.0 Å². The molecule has 1 amide bonds. The SMILES string of the molecule is CC(=O)CC=C(C)CC(NC(C)=O)C(=O)O. The monoisotopic (exact) mass is 227 g/mol. The van der Waals surface area contributed by atoms with Crippen LogP contribution in [0.2, 0.25) is 0 Å². The molecule has 1 atom stereocenters. The first-order valence-corrected chi connectivity index (χ1v) is 4.98. The Morgan fingerprint density at radius 3 is 2.19 bits per heavy atom. The van der Waals surface area contributed by atoms with Gasteiger partial charge in [-0.3, -0.25) is 9.59 Å². The molecule has 0 saturated heterocycles. The molecule has 0 heterocycles. The maximum atomic E-state index is 10.8. The Morgan fingerprint density at radius 1 is 1.25 bits per heavy atom. The average molecular weight is 227 g/mol. The molecular weight excluding hydrogens is 210 g/mol. The van der Waals surface area contributed by atoms with Gasteiger partial charge in [0.15, 0.2) is 0 Å². The minimum atomic E-state index is -1.08. The van der Waals surface area contributed by atoms with Gasteiger partial charge in [0.1, 0.15) is 11.8 Å². The Balaban J connectivity index is 4.39. The molecule has 0 saturated carbocycles. The van der Waals surface area contributed by atoms with E-state index >= 15 is 0 Å². The molecule has 5 heteroatoms. The molecule has 0 aliphatic carbocycles. The summed E-state index contributed by atoms with van der Waals surface area (Å²) < 4.78 is 0. The van der Waals surface area contributed by atoms with E-state index in [9.17, 15) is 14.4 Å². The molecule has 0 fully saturated rings. The fourth-order valence-electron chi connectivity index (χ4n) is 1.17. The van der Waals surface area contributed by atoms with Crippen LogP contribution in [-0.4, -0.2) is 28.8 Å². The summed E-state index contributed by atoms with van der Waals surface area (Å²) in [6, 6.07) is -0.930. The molecule has 0 aliphatic rings. The van der Waals surface area contributed by atoms with E-state index in [1.165, 1.54) is 13.8 Å². The zero-order valence-electron chi connectivity index (χ0n) is 9.74. The number of carboxylic acids is 1. The number of aliphatic carboxylic acids is 1. The predicted molar refractivity (Wildman–Crippen MR) is 58.9 cm³/mol. The van der Waals surface area contributed by atoms with Crippen LogP contribution in [0.1, 0.15) is 33.6 Å². The van der Waals surface area contributed by atoms with Gasteiger partial charge in [-0.1, -0.05) is 11.6 Å². The van der Waals surface area contributed by atoms with Gasteiger partial charge in [0, 0.05) is 13.3 Å². The van der Waals surface area contributed by atoms with Gasteiger partial charge in [-0.2, -0.15) is 0 Å². The van der Waals surface area contributed by atoms with E-state index in [0.29, 0.717) is 0 Å². The van der Waals surface area contributed by atoms with Crippen molar-refractivity contribution < 1.29 is 19.5 Å². The summed E-state index contributed by atoms with van der Waals surface area (Å²) in [5.74, 6) is -1.44. The molecule has 5 nitrogen and oxygen atoms in total. The minimum absolute atomic E-state index is 0.0192. The number of carbonyl (C=O) groups is 3. The number of allylic oxidation sites excluding steroid dienone is 1. The van der Waals surface area contributed by atoms with Crippen LogP contribution in [-0.2, 0) is 14.4 Å². The first-order chi connectivity index (χ1) is 7.32. The summed E-state index contributed by atoms with van der Waals surface area (Å²) in [6.45, 7) is 4.47. The zero-order valence-corrected chi connectivity index (χ0v) is 9.74. The first-order valence-electron chi connectivity index (χ1n) is 4.98. The molecule has 0 radical (unpaired) electrons. The lowest BCUT2D eigenvalue weighted by atomic mass is 10.1. The lowest BCUT2D eigenvalue weighted by Gasteiger charge is -2.13. The van der Waals surface area contributed by atoms with Crippen molar-refractivity contribution in [2.45, 2.75) is 39.7 Å². The third kappa shape index (κ3) is 6.75. The summed E-state index contributed by atoms with van der Waals surface area (Å²) in [4.78, 5) is 32.3. The van der Waals surface area contributed by atoms with Gasteiger partial charge in [-0.25, -0.2) is 4.79 Å². The zero-order chi connectivity index (χ0) is 12.7. The smallest absolute Gasteiger partial charge is 0.326 e. The van der Waals surface area contributed by atoms with Crippen molar-refractivity contribution in [2.24, 2.45) is 0 Å². The first kappa shape index (κ1) is 14.3. The number of amides is 1. The summed E-state index contributed by atoms with van der Waals surface area (Å²) >= 11 is 0. The van der Waals surface area contributed by atoms with Crippen molar-refractivity contribution in [1.29, 1.82) is 0 Å². The quantitative estimate of drug-likeness (QED) is 0.660. The summed E-state index contributed by atoms with van der Waals surface area (Å²) in [7, 11) is 0. The highest BCUT2D eigenvalue weighted by molar-refractivity contribution is 5.82. The molecule has 0 bridgehead atoms. The fourth-order valence-corrected chi connectivity index (χ4v) is 1.17. The standard InChI is InChI=1S/C11H17NO4/c1-7(4-5-8(2)13)6-10(11(15)16)12-9(3)14/h4,10H,5-6H2,1-3H3,(H,12,14)(H,15,16). The van der Waals surface area contributed by atoms with Gasteiger partial charge in [0.25, 0.3) is 0 Å². The molecule has 0 aromatic carbocycles. The van der Waals surface area contributed by atoms with E-state index in [1.807, 2.05) is 0 Å². The number of rotatable bonds is 6. The number of nitrogens with one attached hydrogen (secondary N) is 1. The van der Waals surface area contributed by atoms with Crippen LogP contribution in [0.15, 0.2) is 11.6 Å². The van der Waals surface area contributed by atoms with E-state index in [4.69, 9.17) is 5.11 Å². The third-order valence-corrected chi connectivity index (χ3v) is 1.94.